The number of anilines is 3. The molecule has 0 saturated carbocycles. The Morgan fingerprint density at radius 1 is 1.14 bits per heavy atom. The van der Waals surface area contributed by atoms with E-state index >= 15 is 0 Å². The van der Waals surface area contributed by atoms with Crippen molar-refractivity contribution in [2.75, 3.05) is 68.0 Å². The van der Waals surface area contributed by atoms with Gasteiger partial charge in [0.25, 0.3) is 5.91 Å². The Morgan fingerprint density at radius 2 is 1.86 bits per heavy atom. The molecule has 1 aliphatic heterocycles. The zero-order chi connectivity index (χ0) is 20.5. The van der Waals surface area contributed by atoms with Crippen LogP contribution < -0.4 is 15.5 Å². The van der Waals surface area contributed by atoms with E-state index in [1.807, 2.05) is 24.3 Å². The molecule has 8 nitrogen and oxygen atoms in total. The van der Waals surface area contributed by atoms with Crippen LogP contribution in [-0.2, 0) is 4.74 Å². The van der Waals surface area contributed by atoms with Crippen LogP contribution in [0.5, 0.6) is 0 Å². The summed E-state index contributed by atoms with van der Waals surface area (Å²) in [5, 5.41) is 6.16. The SMILES string of the molecule is CCN(CC)c1ccc(NC(=O)c2cc(NCCN3CCOCC3)ncn2)cc1. The van der Waals surface area contributed by atoms with Gasteiger partial charge in [-0.1, -0.05) is 0 Å². The summed E-state index contributed by atoms with van der Waals surface area (Å²) in [6, 6.07) is 9.53. The molecule has 1 aliphatic rings. The van der Waals surface area contributed by atoms with Crippen molar-refractivity contribution < 1.29 is 9.53 Å². The van der Waals surface area contributed by atoms with Gasteiger partial charge in [0, 0.05) is 56.7 Å². The maximum Gasteiger partial charge on any atom is 0.274 e. The molecule has 1 amide bonds. The fourth-order valence-corrected chi connectivity index (χ4v) is 3.28. The fraction of sp³-hybridized carbons (Fsp3) is 0.476. The molecule has 0 unspecified atom stereocenters. The molecular weight excluding hydrogens is 368 g/mol. The minimum Gasteiger partial charge on any atom is -0.379 e. The van der Waals surface area contributed by atoms with Crippen molar-refractivity contribution in [2.24, 2.45) is 0 Å². The smallest absolute Gasteiger partial charge is 0.274 e. The highest BCUT2D eigenvalue weighted by atomic mass is 16.5. The number of carbonyl (C=O) groups is 1. The Bertz CT molecular complexity index is 773. The Kier molecular flexibility index (Phi) is 7.77. The van der Waals surface area contributed by atoms with Crippen LogP contribution in [0.15, 0.2) is 36.7 Å². The number of nitrogens with one attached hydrogen (secondary N) is 2. The number of amides is 1. The highest BCUT2D eigenvalue weighted by molar-refractivity contribution is 6.03. The van der Waals surface area contributed by atoms with Crippen LogP contribution in [0.4, 0.5) is 17.2 Å². The predicted octanol–water partition coefficient (Wildman–Crippen LogP) is 2.32. The molecule has 0 radical (unpaired) electrons. The van der Waals surface area contributed by atoms with Crippen molar-refractivity contribution in [3.63, 3.8) is 0 Å². The summed E-state index contributed by atoms with van der Waals surface area (Å²) >= 11 is 0. The first-order chi connectivity index (χ1) is 14.2. The number of ether oxygens (including phenoxy) is 1. The van der Waals surface area contributed by atoms with Gasteiger partial charge in [0.2, 0.25) is 0 Å². The van der Waals surface area contributed by atoms with Gasteiger partial charge in [0.05, 0.1) is 13.2 Å². The fourth-order valence-electron chi connectivity index (χ4n) is 3.28. The zero-order valence-electron chi connectivity index (χ0n) is 17.2. The first-order valence-electron chi connectivity index (χ1n) is 10.2. The van der Waals surface area contributed by atoms with Crippen molar-refractivity contribution in [1.82, 2.24) is 14.9 Å². The van der Waals surface area contributed by atoms with Crippen LogP contribution in [0.1, 0.15) is 24.3 Å². The first-order valence-corrected chi connectivity index (χ1v) is 10.2. The lowest BCUT2D eigenvalue weighted by Gasteiger charge is -2.26. The van der Waals surface area contributed by atoms with Crippen molar-refractivity contribution >= 4 is 23.1 Å². The van der Waals surface area contributed by atoms with Gasteiger partial charge in [-0.05, 0) is 38.1 Å². The summed E-state index contributed by atoms with van der Waals surface area (Å²) in [4.78, 5) is 25.5. The molecule has 29 heavy (non-hydrogen) atoms. The van der Waals surface area contributed by atoms with Crippen molar-refractivity contribution in [2.45, 2.75) is 13.8 Å². The van der Waals surface area contributed by atoms with E-state index in [4.69, 9.17) is 4.74 Å². The van der Waals surface area contributed by atoms with E-state index in [-0.39, 0.29) is 5.91 Å². The van der Waals surface area contributed by atoms with Gasteiger partial charge in [-0.3, -0.25) is 9.69 Å². The molecule has 0 bridgehead atoms. The molecule has 3 rings (SSSR count). The molecule has 0 spiro atoms. The number of aromatic nitrogens is 2. The quantitative estimate of drug-likeness (QED) is 0.671. The maximum atomic E-state index is 12.6. The summed E-state index contributed by atoms with van der Waals surface area (Å²) in [5.74, 6) is 0.398. The average Bonchev–Trinajstić information content (AvgIpc) is 2.77. The maximum absolute atomic E-state index is 12.6. The predicted molar refractivity (Wildman–Crippen MR) is 116 cm³/mol. The molecule has 2 aromatic rings. The summed E-state index contributed by atoms with van der Waals surface area (Å²) < 4.78 is 5.36. The molecule has 2 N–H and O–H groups in total. The number of morpholine rings is 1. The molecule has 8 heteroatoms. The summed E-state index contributed by atoms with van der Waals surface area (Å²) in [7, 11) is 0. The van der Waals surface area contributed by atoms with Gasteiger partial charge in [-0.15, -0.1) is 0 Å². The van der Waals surface area contributed by atoms with Crippen LogP contribution in [0.25, 0.3) is 0 Å². The van der Waals surface area contributed by atoms with Crippen molar-refractivity contribution in [3.8, 4) is 0 Å². The Morgan fingerprint density at radius 3 is 2.55 bits per heavy atom. The van der Waals surface area contributed by atoms with Crippen molar-refractivity contribution in [3.05, 3.63) is 42.4 Å². The second kappa shape index (κ2) is 10.7. The summed E-state index contributed by atoms with van der Waals surface area (Å²) in [6.45, 7) is 11.3. The second-order valence-electron chi connectivity index (χ2n) is 6.84. The number of rotatable bonds is 9. The van der Waals surface area contributed by atoms with Crippen LogP contribution in [0, 0.1) is 0 Å². The summed E-state index contributed by atoms with van der Waals surface area (Å²) in [6.07, 6.45) is 1.41. The van der Waals surface area contributed by atoms with E-state index in [0.29, 0.717) is 11.5 Å². The van der Waals surface area contributed by atoms with Gasteiger partial charge < -0.3 is 20.3 Å². The number of benzene rings is 1. The van der Waals surface area contributed by atoms with E-state index < -0.39 is 0 Å². The molecule has 2 heterocycles. The molecule has 1 saturated heterocycles. The molecule has 0 aliphatic carbocycles. The standard InChI is InChI=1S/C21H30N6O2/c1-3-27(4-2)18-7-5-17(6-8-18)25-21(28)19-15-20(24-16-23-19)22-9-10-26-11-13-29-14-12-26/h5-8,15-16H,3-4,9-14H2,1-2H3,(H,25,28)(H,22,23,24). The topological polar surface area (TPSA) is 82.6 Å². The lowest BCUT2D eigenvalue weighted by Crippen LogP contribution is -2.39. The number of carbonyl (C=O) groups excluding carboxylic acids is 1. The minimum absolute atomic E-state index is 0.251. The molecule has 1 aromatic carbocycles. The number of hydrogen-bond donors (Lipinski definition) is 2. The summed E-state index contributed by atoms with van der Waals surface area (Å²) in [5.41, 5.74) is 2.22. The van der Waals surface area contributed by atoms with Crippen LogP contribution in [0.3, 0.4) is 0 Å². The van der Waals surface area contributed by atoms with Crippen molar-refractivity contribution in [1.29, 1.82) is 0 Å². The Labute approximate surface area is 172 Å². The lowest BCUT2D eigenvalue weighted by atomic mass is 10.2. The van der Waals surface area contributed by atoms with Crippen LogP contribution >= 0.6 is 0 Å². The normalized spacial score (nSPS) is 14.4. The number of nitrogens with zero attached hydrogens (tertiary/aromatic N) is 4. The molecule has 1 fully saturated rings. The Balaban J connectivity index is 1.53. The lowest BCUT2D eigenvalue weighted by molar-refractivity contribution is 0.0398. The number of hydrogen-bond acceptors (Lipinski definition) is 7. The van der Waals surface area contributed by atoms with E-state index in [9.17, 15) is 4.79 Å². The van der Waals surface area contributed by atoms with Crippen LogP contribution in [0.2, 0.25) is 0 Å². The minimum atomic E-state index is -0.251. The third kappa shape index (κ3) is 6.13. The van der Waals surface area contributed by atoms with E-state index in [2.05, 4.69) is 44.2 Å². The highest BCUT2D eigenvalue weighted by Gasteiger charge is 2.12. The van der Waals surface area contributed by atoms with Gasteiger partial charge in [0.1, 0.15) is 17.8 Å². The third-order valence-electron chi connectivity index (χ3n) is 4.99. The van der Waals surface area contributed by atoms with Gasteiger partial charge in [-0.2, -0.15) is 0 Å². The monoisotopic (exact) mass is 398 g/mol. The van der Waals surface area contributed by atoms with Crippen LogP contribution in [-0.4, -0.2) is 73.3 Å². The van der Waals surface area contributed by atoms with E-state index in [0.717, 1.165) is 63.9 Å². The largest absolute Gasteiger partial charge is 0.379 e. The molecule has 156 valence electrons. The highest BCUT2D eigenvalue weighted by Crippen LogP contribution is 2.18. The van der Waals surface area contributed by atoms with Gasteiger partial charge in [-0.25, -0.2) is 9.97 Å². The third-order valence-corrected chi connectivity index (χ3v) is 4.99. The van der Waals surface area contributed by atoms with E-state index in [1.165, 1.54) is 6.33 Å². The molecule has 0 atom stereocenters. The molecular formula is C21H30N6O2. The molecule has 1 aromatic heterocycles. The zero-order valence-corrected chi connectivity index (χ0v) is 17.2. The second-order valence-corrected chi connectivity index (χ2v) is 6.84. The average molecular weight is 399 g/mol. The van der Waals surface area contributed by atoms with Gasteiger partial charge in [0.15, 0.2) is 0 Å². The first kappa shape index (κ1) is 21.0. The van der Waals surface area contributed by atoms with E-state index in [1.54, 1.807) is 6.07 Å². The Hall–Kier alpha value is -2.71. The van der Waals surface area contributed by atoms with Gasteiger partial charge >= 0.3 is 0 Å².